The van der Waals surface area contributed by atoms with Crippen LogP contribution in [0.3, 0.4) is 0 Å². The highest BCUT2D eigenvalue weighted by molar-refractivity contribution is 6.14. The highest BCUT2D eigenvalue weighted by atomic mass is 16.1. The van der Waals surface area contributed by atoms with Crippen LogP contribution >= 0.6 is 0 Å². The minimum Gasteiger partial charge on any atom is -0.309 e. The first-order chi connectivity index (χ1) is 41.6. The quantitative estimate of drug-likeness (QED) is 0.125. The number of fused-ring (bicyclic) bond motifs is 26. The van der Waals surface area contributed by atoms with Gasteiger partial charge in [0.25, 0.3) is 0 Å². The number of rotatable bonds is 5. The molecular formula is C81H50N2O. The molecule has 0 aliphatic heterocycles. The van der Waals surface area contributed by atoms with E-state index in [9.17, 15) is 0 Å². The number of hydrogen-bond donors (Lipinski definition) is 0. The first kappa shape index (κ1) is 46.0. The van der Waals surface area contributed by atoms with Crippen molar-refractivity contribution in [3.63, 3.8) is 0 Å². The number of allylic oxidation sites excluding steroid dienone is 4. The predicted molar refractivity (Wildman–Crippen MR) is 345 cm³/mol. The summed E-state index contributed by atoms with van der Waals surface area (Å²) < 4.78 is 4.82. The second-order valence-corrected chi connectivity index (χ2v) is 23.7. The molecule has 3 nitrogen and oxygen atoms in total. The molecule has 14 aromatic rings. The Morgan fingerprint density at radius 2 is 0.631 bits per heavy atom. The highest BCUT2D eigenvalue weighted by Gasteiger charge is 2.52. The molecule has 0 saturated heterocycles. The Morgan fingerprint density at radius 3 is 1.14 bits per heavy atom. The average molecular weight is 1070 g/mol. The maximum Gasteiger partial charge on any atom is 0.193 e. The van der Waals surface area contributed by atoms with Crippen LogP contribution in [-0.2, 0) is 5.41 Å². The monoisotopic (exact) mass is 1070 g/mol. The smallest absolute Gasteiger partial charge is 0.193 e. The fourth-order valence-electron chi connectivity index (χ4n) is 16.2. The molecule has 1 spiro atoms. The summed E-state index contributed by atoms with van der Waals surface area (Å²) in [7, 11) is 0. The first-order valence-electron chi connectivity index (χ1n) is 29.5. The molecule has 2 heterocycles. The van der Waals surface area contributed by atoms with Gasteiger partial charge in [-0.1, -0.05) is 224 Å². The van der Waals surface area contributed by atoms with Crippen molar-refractivity contribution in [2.45, 2.75) is 11.3 Å². The topological polar surface area (TPSA) is 26.9 Å². The van der Waals surface area contributed by atoms with E-state index in [2.05, 4.69) is 294 Å². The SMILES string of the molecule is O=C(c1ccc2c(c1)-c1cc(-n3c4ccccc4c4ccccc43)ccc1-c1ccc(-n3c4ccccc4c4ccccc43)cc1-c1ccccc1-2)c1ccc2c(c1)C1(c3ccccc3-c3ccccc31)c1cc(C3C4C=CC3C=C4)ccc1-2. The minimum absolute atomic E-state index is 0.00157. The molecule has 390 valence electrons. The molecule has 2 aromatic heterocycles. The fourth-order valence-corrected chi connectivity index (χ4v) is 16.2. The number of carbonyl (C=O) groups is 1. The van der Waals surface area contributed by atoms with E-state index in [0.717, 1.165) is 66.9 Å². The van der Waals surface area contributed by atoms with Crippen molar-refractivity contribution in [2.75, 3.05) is 0 Å². The van der Waals surface area contributed by atoms with Crippen molar-refractivity contribution < 1.29 is 4.79 Å². The number of nitrogens with zero attached hydrogens (tertiary/aromatic N) is 2. The summed E-state index contributed by atoms with van der Waals surface area (Å²) in [6.45, 7) is 0. The van der Waals surface area contributed by atoms with Gasteiger partial charge in [-0.15, -0.1) is 0 Å². The molecule has 5 aliphatic carbocycles. The third-order valence-electron chi connectivity index (χ3n) is 19.8. The van der Waals surface area contributed by atoms with Gasteiger partial charge in [0.05, 0.1) is 27.5 Å². The standard InChI is InChI=1S/C81H50N2O/c84-80(52-35-40-63-62-39-33-50(79-48-29-30-49(79)32-31-48)44-73(62)81(74(63)45-52)71-23-9-3-17-60(71)61-18-4-10-24-72(61)81)51-34-38-57-55-15-1-2-16-56(55)69-46-53(82-75-25-11-5-19-64(75)65-20-6-12-26-76(65)82)36-41-58(69)59-42-37-54(47-70(59)68(57)43-51)83-77-27-13-7-21-66(77)67-22-8-14-28-78(67)83/h1-49,79H. The third-order valence-corrected chi connectivity index (χ3v) is 19.8. The van der Waals surface area contributed by atoms with E-state index in [4.69, 9.17) is 0 Å². The maximum atomic E-state index is 16.0. The molecular weight excluding hydrogens is 1020 g/mol. The van der Waals surface area contributed by atoms with Gasteiger partial charge in [-0.3, -0.25) is 4.79 Å². The summed E-state index contributed by atoms with van der Waals surface area (Å²) >= 11 is 0. The van der Waals surface area contributed by atoms with Crippen molar-refractivity contribution in [1.82, 2.24) is 9.13 Å². The van der Waals surface area contributed by atoms with E-state index >= 15 is 4.79 Å². The van der Waals surface area contributed by atoms with E-state index < -0.39 is 5.41 Å². The number of benzene rings is 12. The van der Waals surface area contributed by atoms with Gasteiger partial charge in [0, 0.05) is 61.8 Å². The van der Waals surface area contributed by atoms with E-state index in [0.29, 0.717) is 28.9 Å². The van der Waals surface area contributed by atoms with Gasteiger partial charge in [-0.25, -0.2) is 0 Å². The van der Waals surface area contributed by atoms with Crippen LogP contribution in [0.4, 0.5) is 0 Å². The molecule has 0 saturated carbocycles. The minimum atomic E-state index is -0.602. The van der Waals surface area contributed by atoms with Crippen LogP contribution in [0.15, 0.2) is 285 Å². The largest absolute Gasteiger partial charge is 0.309 e. The molecule has 3 heteroatoms. The molecule has 12 aromatic carbocycles. The summed E-state index contributed by atoms with van der Waals surface area (Å²) in [5.74, 6) is 1.21. The molecule has 0 fully saturated rings. The Kier molecular flexibility index (Phi) is 9.31. The second kappa shape index (κ2) is 17.0. The van der Waals surface area contributed by atoms with Crippen LogP contribution in [0, 0.1) is 11.8 Å². The molecule has 0 amide bonds. The lowest BCUT2D eigenvalue weighted by Crippen LogP contribution is -2.26. The number of para-hydroxylation sites is 4. The summed E-state index contributed by atoms with van der Waals surface area (Å²) in [5, 5.41) is 4.89. The summed E-state index contributed by atoms with van der Waals surface area (Å²) in [4.78, 5) is 16.0. The van der Waals surface area contributed by atoms with Gasteiger partial charge in [0.2, 0.25) is 0 Å². The van der Waals surface area contributed by atoms with Crippen molar-refractivity contribution in [1.29, 1.82) is 0 Å². The lowest BCUT2D eigenvalue weighted by molar-refractivity contribution is 0.103. The van der Waals surface area contributed by atoms with Crippen LogP contribution < -0.4 is 0 Å². The first-order valence-corrected chi connectivity index (χ1v) is 29.5. The Hall–Kier alpha value is -10.6. The highest BCUT2D eigenvalue weighted by Crippen LogP contribution is 2.64. The predicted octanol–water partition coefficient (Wildman–Crippen LogP) is 19.9. The Labute approximate surface area is 486 Å². The van der Waals surface area contributed by atoms with Crippen molar-refractivity contribution in [3.05, 3.63) is 324 Å². The molecule has 19 rings (SSSR count). The summed E-state index contributed by atoms with van der Waals surface area (Å²) in [5.41, 5.74) is 27.7. The van der Waals surface area contributed by atoms with Crippen LogP contribution in [0.5, 0.6) is 0 Å². The van der Waals surface area contributed by atoms with E-state index in [1.807, 2.05) is 0 Å². The summed E-state index contributed by atoms with van der Waals surface area (Å²) in [6.07, 6.45) is 9.55. The summed E-state index contributed by atoms with van der Waals surface area (Å²) in [6, 6.07) is 96.1. The molecule has 0 radical (unpaired) electrons. The molecule has 0 atom stereocenters. The normalized spacial score (nSPS) is 16.7. The number of carbonyl (C=O) groups excluding carboxylic acids is 1. The molecule has 0 unspecified atom stereocenters. The number of ketones is 1. The fraction of sp³-hybridized carbons (Fsp3) is 0.0494. The van der Waals surface area contributed by atoms with Crippen LogP contribution in [0.1, 0.15) is 49.7 Å². The number of aromatic nitrogens is 2. The Bertz CT molecular complexity index is 5150. The zero-order chi connectivity index (χ0) is 54.9. The Morgan fingerprint density at radius 1 is 0.286 bits per heavy atom. The molecule has 84 heavy (non-hydrogen) atoms. The average Bonchev–Trinajstić information content (AvgIpc) is 1.57. The van der Waals surface area contributed by atoms with Gasteiger partial charge in [-0.05, 0) is 155 Å². The van der Waals surface area contributed by atoms with Crippen molar-refractivity contribution in [2.24, 2.45) is 11.8 Å². The van der Waals surface area contributed by atoms with Gasteiger partial charge < -0.3 is 9.13 Å². The van der Waals surface area contributed by atoms with Gasteiger partial charge in [0.15, 0.2) is 5.78 Å². The van der Waals surface area contributed by atoms with E-state index in [1.54, 1.807) is 0 Å². The molecule has 2 bridgehead atoms. The van der Waals surface area contributed by atoms with E-state index in [-0.39, 0.29) is 5.78 Å². The lowest BCUT2D eigenvalue weighted by Gasteiger charge is -2.31. The van der Waals surface area contributed by atoms with Gasteiger partial charge >= 0.3 is 0 Å². The van der Waals surface area contributed by atoms with Crippen LogP contribution in [0.2, 0.25) is 0 Å². The van der Waals surface area contributed by atoms with Gasteiger partial charge in [0.1, 0.15) is 0 Å². The van der Waals surface area contributed by atoms with Crippen molar-refractivity contribution in [3.8, 4) is 78.1 Å². The number of hydrogen-bond acceptors (Lipinski definition) is 1. The van der Waals surface area contributed by atoms with E-state index in [1.165, 1.54) is 82.6 Å². The maximum absolute atomic E-state index is 16.0. The lowest BCUT2D eigenvalue weighted by atomic mass is 9.69. The van der Waals surface area contributed by atoms with Crippen LogP contribution in [-0.4, -0.2) is 14.9 Å². The van der Waals surface area contributed by atoms with Crippen LogP contribution in [0.25, 0.3) is 122 Å². The zero-order valence-electron chi connectivity index (χ0n) is 45.7. The second-order valence-electron chi connectivity index (χ2n) is 23.7. The Balaban J connectivity index is 0.819. The third kappa shape index (κ3) is 6.07. The zero-order valence-corrected chi connectivity index (χ0v) is 45.7. The molecule has 0 N–H and O–H groups in total. The van der Waals surface area contributed by atoms with Crippen molar-refractivity contribution >= 4 is 49.4 Å². The van der Waals surface area contributed by atoms with Gasteiger partial charge in [-0.2, -0.15) is 0 Å². The molecule has 5 aliphatic rings.